The van der Waals surface area contributed by atoms with Crippen LogP contribution in [0.4, 0.5) is 0 Å². The van der Waals surface area contributed by atoms with Gasteiger partial charge in [0.05, 0.1) is 6.07 Å². The lowest BCUT2D eigenvalue weighted by atomic mass is 9.94. The number of hydrazine groups is 1. The molecular weight excluding hydrogens is 238 g/mol. The molecule has 0 amide bonds. The second-order valence-corrected chi connectivity index (χ2v) is 5.46. The molecule has 0 bridgehead atoms. The molecule has 0 spiro atoms. The van der Waals surface area contributed by atoms with Crippen molar-refractivity contribution < 1.29 is 4.79 Å². The van der Waals surface area contributed by atoms with Crippen molar-refractivity contribution in [2.75, 3.05) is 13.1 Å². The van der Waals surface area contributed by atoms with Crippen molar-refractivity contribution >= 4 is 5.78 Å². The van der Waals surface area contributed by atoms with Crippen molar-refractivity contribution in [1.29, 1.82) is 5.26 Å². The van der Waals surface area contributed by atoms with Crippen molar-refractivity contribution in [3.63, 3.8) is 0 Å². The van der Waals surface area contributed by atoms with Crippen LogP contribution in [0.3, 0.4) is 0 Å². The Morgan fingerprint density at radius 3 is 2.63 bits per heavy atom. The monoisotopic (exact) mass is 265 g/mol. The van der Waals surface area contributed by atoms with Crippen molar-refractivity contribution in [3.8, 4) is 6.07 Å². The van der Waals surface area contributed by atoms with Gasteiger partial charge in [0, 0.05) is 13.1 Å². The van der Waals surface area contributed by atoms with E-state index in [4.69, 9.17) is 0 Å². The predicted molar refractivity (Wildman–Crippen MR) is 76.3 cm³/mol. The third kappa shape index (κ3) is 4.29. The van der Waals surface area contributed by atoms with Gasteiger partial charge >= 0.3 is 0 Å². The summed E-state index contributed by atoms with van der Waals surface area (Å²) in [5, 5.41) is 11.2. The van der Waals surface area contributed by atoms with Crippen LogP contribution in [0.1, 0.15) is 65.2 Å². The van der Waals surface area contributed by atoms with E-state index in [2.05, 4.69) is 18.4 Å². The summed E-state index contributed by atoms with van der Waals surface area (Å²) in [5.41, 5.74) is 2.37. The molecule has 1 atom stereocenters. The molecule has 0 saturated carbocycles. The molecule has 4 heteroatoms. The smallest absolute Gasteiger partial charge is 0.179 e. The fourth-order valence-electron chi connectivity index (χ4n) is 2.71. The van der Waals surface area contributed by atoms with Crippen molar-refractivity contribution in [2.45, 2.75) is 70.8 Å². The van der Waals surface area contributed by atoms with Gasteiger partial charge in [-0.15, -0.1) is 0 Å². The Hall–Kier alpha value is -0.920. The van der Waals surface area contributed by atoms with E-state index in [1.165, 1.54) is 39.0 Å². The molecule has 0 aromatic carbocycles. The van der Waals surface area contributed by atoms with E-state index < -0.39 is 5.54 Å². The zero-order valence-electron chi connectivity index (χ0n) is 12.4. The van der Waals surface area contributed by atoms with Crippen LogP contribution in [0.5, 0.6) is 0 Å². The highest BCUT2D eigenvalue weighted by atomic mass is 16.1. The second kappa shape index (κ2) is 8.29. The van der Waals surface area contributed by atoms with Gasteiger partial charge in [-0.05, 0) is 26.2 Å². The lowest BCUT2D eigenvalue weighted by Crippen LogP contribution is -2.55. The maximum Gasteiger partial charge on any atom is 0.179 e. The first-order valence-corrected chi connectivity index (χ1v) is 7.61. The highest BCUT2D eigenvalue weighted by molar-refractivity contribution is 5.89. The zero-order chi connectivity index (χ0) is 14.1. The summed E-state index contributed by atoms with van der Waals surface area (Å²) in [6.45, 7) is 5.40. The summed E-state index contributed by atoms with van der Waals surface area (Å²) in [5.74, 6) is -0.0389. The maximum absolute atomic E-state index is 11.7. The van der Waals surface area contributed by atoms with E-state index in [0.29, 0.717) is 6.42 Å². The lowest BCUT2D eigenvalue weighted by Gasteiger charge is -2.30. The number of carbonyl (C=O) groups is 1. The topological polar surface area (TPSA) is 56.1 Å². The highest BCUT2D eigenvalue weighted by Gasteiger charge is 2.45. The molecule has 0 aromatic heterocycles. The van der Waals surface area contributed by atoms with Gasteiger partial charge in [-0.2, -0.15) is 5.26 Å². The third-order valence-electron chi connectivity index (χ3n) is 3.98. The van der Waals surface area contributed by atoms with E-state index in [1.807, 2.05) is 5.01 Å². The standard InChI is InChI=1S/C15H27N3O/c1-3-4-5-6-7-8-11-17-18-12-9-10-15(18,13-16)14(2)19/h17H,3-12H2,1-2H3. The largest absolute Gasteiger partial charge is 0.297 e. The molecular formula is C15H27N3O. The van der Waals surface area contributed by atoms with Crippen molar-refractivity contribution in [1.82, 2.24) is 10.4 Å². The Balaban J connectivity index is 2.25. The molecule has 108 valence electrons. The Bertz CT molecular complexity index is 324. The SMILES string of the molecule is CCCCCCCCNN1CCCC1(C#N)C(C)=O. The first-order valence-electron chi connectivity index (χ1n) is 7.61. The molecule has 0 aromatic rings. The molecule has 0 aliphatic carbocycles. The molecule has 1 aliphatic rings. The average molecular weight is 265 g/mol. The summed E-state index contributed by atoms with van der Waals surface area (Å²) in [7, 11) is 0. The van der Waals surface area contributed by atoms with Gasteiger partial charge < -0.3 is 0 Å². The van der Waals surface area contributed by atoms with Crippen molar-refractivity contribution in [2.24, 2.45) is 0 Å². The Labute approximate surface area is 117 Å². The molecule has 1 N–H and O–H groups in total. The summed E-state index contributed by atoms with van der Waals surface area (Å²) < 4.78 is 0. The van der Waals surface area contributed by atoms with Crippen LogP contribution in [-0.2, 0) is 4.79 Å². The molecule has 1 heterocycles. The van der Waals surface area contributed by atoms with Gasteiger partial charge in [0.25, 0.3) is 0 Å². The first kappa shape index (κ1) is 16.1. The molecule has 1 rings (SSSR count). The Morgan fingerprint density at radius 2 is 2.00 bits per heavy atom. The number of carbonyl (C=O) groups excluding carboxylic acids is 1. The van der Waals surface area contributed by atoms with E-state index in [1.54, 1.807) is 0 Å². The van der Waals surface area contributed by atoms with Gasteiger partial charge in [0.1, 0.15) is 0 Å². The third-order valence-corrected chi connectivity index (χ3v) is 3.98. The number of rotatable bonds is 9. The van der Waals surface area contributed by atoms with Crippen LogP contribution in [0.2, 0.25) is 0 Å². The lowest BCUT2D eigenvalue weighted by molar-refractivity contribution is -0.125. The number of hydrogen-bond acceptors (Lipinski definition) is 4. The molecule has 4 nitrogen and oxygen atoms in total. The van der Waals surface area contributed by atoms with Crippen LogP contribution in [0.15, 0.2) is 0 Å². The molecule has 1 saturated heterocycles. The summed E-state index contributed by atoms with van der Waals surface area (Å²) in [6, 6.07) is 2.21. The number of Topliss-reactive ketones (excluding diaryl/α,β-unsaturated/α-hetero) is 1. The number of hydrogen-bond donors (Lipinski definition) is 1. The maximum atomic E-state index is 11.7. The average Bonchev–Trinajstić information content (AvgIpc) is 2.82. The fraction of sp³-hybridized carbons (Fsp3) is 0.867. The molecule has 19 heavy (non-hydrogen) atoms. The van der Waals surface area contributed by atoms with Crippen LogP contribution >= 0.6 is 0 Å². The van der Waals surface area contributed by atoms with E-state index in [-0.39, 0.29) is 5.78 Å². The predicted octanol–water partition coefficient (Wildman–Crippen LogP) is 2.80. The number of nitrogens with zero attached hydrogens (tertiary/aromatic N) is 2. The minimum Gasteiger partial charge on any atom is -0.297 e. The zero-order valence-corrected chi connectivity index (χ0v) is 12.4. The summed E-state index contributed by atoms with van der Waals surface area (Å²) >= 11 is 0. The highest BCUT2D eigenvalue weighted by Crippen LogP contribution is 2.27. The van der Waals surface area contributed by atoms with Crippen LogP contribution < -0.4 is 5.43 Å². The van der Waals surface area contributed by atoms with E-state index >= 15 is 0 Å². The number of ketones is 1. The molecule has 1 aliphatic heterocycles. The van der Waals surface area contributed by atoms with E-state index in [9.17, 15) is 10.1 Å². The van der Waals surface area contributed by atoms with Gasteiger partial charge in [-0.1, -0.05) is 39.0 Å². The number of nitrogens with one attached hydrogen (secondary N) is 1. The summed E-state index contributed by atoms with van der Waals surface area (Å²) in [4.78, 5) is 11.7. The van der Waals surface area contributed by atoms with Crippen LogP contribution in [0, 0.1) is 11.3 Å². The van der Waals surface area contributed by atoms with Crippen molar-refractivity contribution in [3.05, 3.63) is 0 Å². The van der Waals surface area contributed by atoms with Crippen LogP contribution in [-0.4, -0.2) is 29.4 Å². The van der Waals surface area contributed by atoms with Gasteiger partial charge in [-0.3, -0.25) is 10.2 Å². The second-order valence-electron chi connectivity index (χ2n) is 5.46. The normalized spacial score (nSPS) is 23.4. The van der Waals surface area contributed by atoms with E-state index in [0.717, 1.165) is 25.9 Å². The molecule has 0 radical (unpaired) electrons. The van der Waals surface area contributed by atoms with Gasteiger partial charge in [0.2, 0.25) is 0 Å². The molecule has 1 unspecified atom stereocenters. The first-order chi connectivity index (χ1) is 9.17. The molecule has 1 fully saturated rings. The van der Waals surface area contributed by atoms with Gasteiger partial charge in [-0.25, -0.2) is 5.01 Å². The Kier molecular flexibility index (Phi) is 7.04. The number of nitriles is 1. The quantitative estimate of drug-likeness (QED) is 0.651. The van der Waals surface area contributed by atoms with Crippen LogP contribution in [0.25, 0.3) is 0 Å². The summed E-state index contributed by atoms with van der Waals surface area (Å²) in [6.07, 6.45) is 9.09. The fourth-order valence-corrected chi connectivity index (χ4v) is 2.71. The Morgan fingerprint density at radius 1 is 1.32 bits per heavy atom. The number of unbranched alkanes of at least 4 members (excludes halogenated alkanes) is 5. The van der Waals surface area contributed by atoms with Gasteiger partial charge in [0.15, 0.2) is 11.3 Å². The minimum atomic E-state index is -0.914. The minimum absolute atomic E-state index is 0.0389.